The van der Waals surface area contributed by atoms with Crippen molar-refractivity contribution in [2.45, 2.75) is 19.9 Å². The normalized spacial score (nSPS) is 10.0. The van der Waals surface area contributed by atoms with Crippen molar-refractivity contribution in [3.8, 4) is 6.07 Å². The van der Waals surface area contributed by atoms with Crippen LogP contribution in [0.5, 0.6) is 0 Å². The van der Waals surface area contributed by atoms with E-state index in [4.69, 9.17) is 32.9 Å². The third kappa shape index (κ3) is 6.04. The average Bonchev–Trinajstić information content (AvgIpc) is 3.18. The minimum atomic E-state index is 0.278. The van der Waals surface area contributed by atoms with Gasteiger partial charge in [-0.05, 0) is 49.0 Å². The second kappa shape index (κ2) is 11.7. The number of carbonyl (C=O) groups excluding carboxylic acids is 1. The number of rotatable bonds is 6. The number of nitrogens with one attached hydrogen (secondary N) is 1. The van der Waals surface area contributed by atoms with Crippen molar-refractivity contribution < 1.29 is 9.21 Å². The van der Waals surface area contributed by atoms with E-state index in [0.29, 0.717) is 46.6 Å². The summed E-state index contributed by atoms with van der Waals surface area (Å²) in [5.41, 5.74) is 2.47. The Morgan fingerprint density at radius 1 is 1.23 bits per heavy atom. The van der Waals surface area contributed by atoms with E-state index in [-0.39, 0.29) is 5.69 Å². The number of aldehydes is 1. The van der Waals surface area contributed by atoms with Crippen LogP contribution in [0.4, 0.5) is 11.7 Å². The maximum Gasteiger partial charge on any atom is 0.303 e. The Bertz CT molecular complexity index is 1030. The van der Waals surface area contributed by atoms with E-state index < -0.39 is 0 Å². The molecule has 0 aliphatic rings. The average molecular weight is 463 g/mol. The monoisotopic (exact) mass is 462 g/mol. The van der Waals surface area contributed by atoms with E-state index in [0.717, 1.165) is 11.3 Å². The van der Waals surface area contributed by atoms with Gasteiger partial charge in [0.1, 0.15) is 11.5 Å². The molecule has 2 aromatic carbocycles. The van der Waals surface area contributed by atoms with E-state index in [9.17, 15) is 4.79 Å². The third-order valence-corrected chi connectivity index (χ3v) is 4.75. The van der Waals surface area contributed by atoms with Gasteiger partial charge in [-0.2, -0.15) is 10.2 Å². The first-order chi connectivity index (χ1) is 14.5. The van der Waals surface area contributed by atoms with Crippen LogP contribution in [0.2, 0.25) is 10.0 Å². The highest BCUT2D eigenvalue weighted by Crippen LogP contribution is 2.30. The summed E-state index contributed by atoms with van der Waals surface area (Å²) in [6, 6.07) is 14.8. The summed E-state index contributed by atoms with van der Waals surface area (Å²) < 4.78 is 5.81. The van der Waals surface area contributed by atoms with Gasteiger partial charge in [-0.1, -0.05) is 45.6 Å². The quantitative estimate of drug-likeness (QED) is 0.381. The summed E-state index contributed by atoms with van der Waals surface area (Å²) in [6.45, 7) is 2.28. The number of anilines is 2. The first kappa shape index (κ1) is 23.9. The topological polar surface area (TPSA) is 82.2 Å². The molecule has 0 bridgehead atoms. The second-order valence-electron chi connectivity index (χ2n) is 6.06. The van der Waals surface area contributed by atoms with Gasteiger partial charge in [0.05, 0.1) is 28.2 Å². The molecule has 1 N–H and O–H groups in total. The maximum absolute atomic E-state index is 11.3. The molecule has 1 unspecified atom stereocenters. The predicted octanol–water partition coefficient (Wildman–Crippen LogP) is 5.56. The summed E-state index contributed by atoms with van der Waals surface area (Å²) in [7, 11) is 4.17. The van der Waals surface area contributed by atoms with Gasteiger partial charge in [-0.25, -0.2) is 0 Å². The minimum absolute atomic E-state index is 0.278. The molecule has 0 spiro atoms. The molecule has 3 aromatic rings. The lowest BCUT2D eigenvalue weighted by atomic mass is 10.1. The zero-order chi connectivity index (χ0) is 22.1. The van der Waals surface area contributed by atoms with Crippen molar-refractivity contribution in [1.82, 2.24) is 10.1 Å². The summed E-state index contributed by atoms with van der Waals surface area (Å²) in [6.07, 6.45) is 1.23. The fraction of sp³-hybridized carbons (Fsp3) is 0.190. The molecule has 0 fully saturated rings. The van der Waals surface area contributed by atoms with E-state index in [1.165, 1.54) is 0 Å². The number of halogens is 2. The van der Waals surface area contributed by atoms with Gasteiger partial charge in [0.15, 0.2) is 6.29 Å². The Kier molecular flexibility index (Phi) is 9.29. The number of hydrogen-bond donors (Lipinski definition) is 1. The molecule has 6 nitrogen and oxygen atoms in total. The van der Waals surface area contributed by atoms with Crippen molar-refractivity contribution in [3.63, 3.8) is 0 Å². The molecule has 0 radical (unpaired) electrons. The van der Waals surface area contributed by atoms with E-state index in [2.05, 4.69) is 25.5 Å². The Morgan fingerprint density at radius 2 is 1.90 bits per heavy atom. The summed E-state index contributed by atoms with van der Waals surface area (Å²) >= 11 is 12.1. The maximum atomic E-state index is 11.3. The Labute approximate surface area is 188 Å². The van der Waals surface area contributed by atoms with Gasteiger partial charge in [0, 0.05) is 12.1 Å². The molecule has 1 aromatic heterocycles. The standard InChI is InChI=1S/C20H15Cl2N3O2.CH6NP/c1-2-19-18(12-26)24-20(27-19)25(15-6-3-13(10-23)4-7-15)11-14-5-8-16(21)17(22)9-14;1-2-3/h3-9,12H,2,11H2,1H3;2H,3H2,1H3. The number of benzene rings is 2. The largest absolute Gasteiger partial charge is 0.428 e. The highest BCUT2D eigenvalue weighted by atomic mass is 35.5. The molecular weight excluding hydrogens is 442 g/mol. The summed E-state index contributed by atoms with van der Waals surface area (Å²) in [5.74, 6) is 0.521. The highest BCUT2D eigenvalue weighted by Gasteiger charge is 2.20. The van der Waals surface area contributed by atoms with Crippen LogP contribution >= 0.6 is 32.6 Å². The van der Waals surface area contributed by atoms with E-state index >= 15 is 0 Å². The van der Waals surface area contributed by atoms with Crippen LogP contribution in [0.1, 0.15) is 34.3 Å². The molecule has 0 aliphatic heterocycles. The number of aryl methyl sites for hydroxylation is 1. The van der Waals surface area contributed by atoms with Crippen molar-refractivity contribution >= 4 is 50.6 Å². The molecular formula is C21H21Cl2N4O2P. The van der Waals surface area contributed by atoms with Crippen molar-refractivity contribution in [1.29, 1.82) is 5.26 Å². The Hall–Kier alpha value is -2.42. The van der Waals surface area contributed by atoms with Crippen LogP contribution in [0.3, 0.4) is 0 Å². The first-order valence-electron chi connectivity index (χ1n) is 9.01. The van der Waals surface area contributed by atoms with Crippen molar-refractivity contribution in [2.75, 3.05) is 11.9 Å². The van der Waals surface area contributed by atoms with Gasteiger partial charge < -0.3 is 9.50 Å². The van der Waals surface area contributed by atoms with Gasteiger partial charge in [0.2, 0.25) is 0 Å². The first-order valence-corrected chi connectivity index (χ1v) is 10.3. The lowest BCUT2D eigenvalue weighted by Gasteiger charge is -2.21. The zero-order valence-electron chi connectivity index (χ0n) is 16.5. The van der Waals surface area contributed by atoms with Crippen LogP contribution < -0.4 is 9.99 Å². The SMILES string of the molecule is CCc1oc(N(Cc2ccc(Cl)c(Cl)c2)c2ccc(C#N)cc2)nc1C=O.CNP. The molecule has 1 atom stereocenters. The zero-order valence-corrected chi connectivity index (χ0v) is 19.2. The predicted molar refractivity (Wildman–Crippen MR) is 124 cm³/mol. The highest BCUT2D eigenvalue weighted by molar-refractivity contribution is 7.13. The molecule has 9 heteroatoms. The van der Waals surface area contributed by atoms with Crippen LogP contribution in [0.15, 0.2) is 46.9 Å². The summed E-state index contributed by atoms with van der Waals surface area (Å²) in [4.78, 5) is 17.4. The third-order valence-electron chi connectivity index (χ3n) is 4.01. The number of carbonyl (C=O) groups is 1. The van der Waals surface area contributed by atoms with Crippen LogP contribution in [0.25, 0.3) is 0 Å². The number of oxazole rings is 1. The fourth-order valence-electron chi connectivity index (χ4n) is 2.62. The molecule has 156 valence electrons. The van der Waals surface area contributed by atoms with Gasteiger partial charge in [0.25, 0.3) is 0 Å². The smallest absolute Gasteiger partial charge is 0.303 e. The molecule has 0 saturated heterocycles. The minimum Gasteiger partial charge on any atom is -0.428 e. The Morgan fingerprint density at radius 3 is 2.40 bits per heavy atom. The number of hydrogen-bond acceptors (Lipinski definition) is 6. The molecule has 0 saturated carbocycles. The van der Waals surface area contributed by atoms with Gasteiger partial charge in [-0.3, -0.25) is 9.69 Å². The number of nitriles is 1. The second-order valence-corrected chi connectivity index (χ2v) is 7.45. The number of nitrogens with zero attached hydrogens (tertiary/aromatic N) is 3. The number of aromatic nitrogens is 1. The van der Waals surface area contributed by atoms with Gasteiger partial charge in [-0.15, -0.1) is 0 Å². The van der Waals surface area contributed by atoms with E-state index in [1.807, 2.05) is 24.9 Å². The molecule has 3 rings (SSSR count). The van der Waals surface area contributed by atoms with Crippen LogP contribution in [-0.2, 0) is 13.0 Å². The van der Waals surface area contributed by atoms with Crippen molar-refractivity contribution in [2.24, 2.45) is 0 Å². The Balaban J connectivity index is 0.00000101. The lowest BCUT2D eigenvalue weighted by molar-refractivity contribution is 0.111. The molecule has 30 heavy (non-hydrogen) atoms. The fourth-order valence-corrected chi connectivity index (χ4v) is 2.94. The van der Waals surface area contributed by atoms with Crippen LogP contribution in [-0.4, -0.2) is 18.3 Å². The van der Waals surface area contributed by atoms with Crippen molar-refractivity contribution in [3.05, 3.63) is 75.1 Å². The summed E-state index contributed by atoms with van der Waals surface area (Å²) in [5, 5.41) is 12.6. The van der Waals surface area contributed by atoms with E-state index in [1.54, 1.807) is 36.4 Å². The lowest BCUT2D eigenvalue weighted by Crippen LogP contribution is -2.17. The van der Waals surface area contributed by atoms with Crippen LogP contribution in [0, 0.1) is 11.3 Å². The molecule has 0 aliphatic carbocycles. The van der Waals surface area contributed by atoms with Gasteiger partial charge >= 0.3 is 6.01 Å². The molecule has 1 heterocycles. The molecule has 0 amide bonds.